The third-order valence-electron chi connectivity index (χ3n) is 3.89. The molecule has 0 spiro atoms. The highest BCUT2D eigenvalue weighted by Crippen LogP contribution is 2.30. The monoisotopic (exact) mass is 266 g/mol. The van der Waals surface area contributed by atoms with Gasteiger partial charge in [0.05, 0.1) is 25.1 Å². The summed E-state index contributed by atoms with van der Waals surface area (Å²) in [7, 11) is 0. The number of carbonyl (C=O) groups excluding carboxylic acids is 1. The third-order valence-corrected chi connectivity index (χ3v) is 3.89. The second kappa shape index (κ2) is 6.02. The molecule has 6 heteroatoms. The fourth-order valence-electron chi connectivity index (χ4n) is 2.82. The number of nitrogens with zero attached hydrogens (tertiary/aromatic N) is 2. The fourth-order valence-corrected chi connectivity index (χ4v) is 2.82. The SMILES string of the molecule is N#CC1CN(C(=O)C2CCCC(C(=O)O)C2)CCO1. The molecule has 1 heterocycles. The van der Waals surface area contributed by atoms with Crippen molar-refractivity contribution in [2.24, 2.45) is 11.8 Å². The molecule has 1 aliphatic heterocycles. The first-order chi connectivity index (χ1) is 9.11. The Morgan fingerprint density at radius 2 is 2.05 bits per heavy atom. The normalized spacial score (nSPS) is 31.5. The highest BCUT2D eigenvalue weighted by molar-refractivity contribution is 5.80. The van der Waals surface area contributed by atoms with Gasteiger partial charge < -0.3 is 14.7 Å². The molecule has 1 aliphatic carbocycles. The van der Waals surface area contributed by atoms with E-state index in [4.69, 9.17) is 15.1 Å². The number of carboxylic acid groups (broad SMARTS) is 1. The van der Waals surface area contributed by atoms with E-state index in [1.54, 1.807) is 4.90 Å². The average Bonchev–Trinajstić information content (AvgIpc) is 2.46. The van der Waals surface area contributed by atoms with Crippen molar-refractivity contribution in [1.29, 1.82) is 5.26 Å². The lowest BCUT2D eigenvalue weighted by Gasteiger charge is -2.34. The predicted molar refractivity (Wildman–Crippen MR) is 65.0 cm³/mol. The molecular formula is C13H18N2O4. The maximum atomic E-state index is 12.4. The van der Waals surface area contributed by atoms with Crippen LogP contribution in [0.2, 0.25) is 0 Å². The van der Waals surface area contributed by atoms with Crippen LogP contribution in [0.15, 0.2) is 0 Å². The van der Waals surface area contributed by atoms with Crippen LogP contribution in [0, 0.1) is 23.2 Å². The van der Waals surface area contributed by atoms with Crippen molar-refractivity contribution < 1.29 is 19.4 Å². The number of hydrogen-bond acceptors (Lipinski definition) is 4. The molecular weight excluding hydrogens is 248 g/mol. The van der Waals surface area contributed by atoms with Gasteiger partial charge in [0.1, 0.15) is 0 Å². The summed E-state index contributed by atoms with van der Waals surface area (Å²) in [5.41, 5.74) is 0. The molecule has 19 heavy (non-hydrogen) atoms. The van der Waals surface area contributed by atoms with E-state index in [-0.39, 0.29) is 11.8 Å². The number of amides is 1. The molecule has 3 unspecified atom stereocenters. The summed E-state index contributed by atoms with van der Waals surface area (Å²) in [6.07, 6.45) is 2.04. The van der Waals surface area contributed by atoms with E-state index < -0.39 is 18.0 Å². The van der Waals surface area contributed by atoms with Crippen LogP contribution in [0.5, 0.6) is 0 Å². The van der Waals surface area contributed by atoms with E-state index in [1.165, 1.54) is 0 Å². The minimum atomic E-state index is -0.811. The van der Waals surface area contributed by atoms with Gasteiger partial charge in [0.25, 0.3) is 0 Å². The highest BCUT2D eigenvalue weighted by atomic mass is 16.5. The number of carbonyl (C=O) groups is 2. The summed E-state index contributed by atoms with van der Waals surface area (Å²) < 4.78 is 5.21. The molecule has 0 radical (unpaired) electrons. The maximum Gasteiger partial charge on any atom is 0.306 e. The van der Waals surface area contributed by atoms with E-state index in [1.807, 2.05) is 6.07 Å². The van der Waals surface area contributed by atoms with Crippen molar-refractivity contribution in [3.05, 3.63) is 0 Å². The number of rotatable bonds is 2. The summed E-state index contributed by atoms with van der Waals surface area (Å²) in [6, 6.07) is 2.01. The Hall–Kier alpha value is -1.61. The van der Waals surface area contributed by atoms with Crippen molar-refractivity contribution in [3.63, 3.8) is 0 Å². The quantitative estimate of drug-likeness (QED) is 0.791. The Morgan fingerprint density at radius 3 is 2.74 bits per heavy atom. The van der Waals surface area contributed by atoms with Crippen LogP contribution in [0.25, 0.3) is 0 Å². The smallest absolute Gasteiger partial charge is 0.306 e. The maximum absolute atomic E-state index is 12.4. The van der Waals surface area contributed by atoms with Gasteiger partial charge in [0.15, 0.2) is 6.10 Å². The number of hydrogen-bond donors (Lipinski definition) is 1. The Labute approximate surface area is 111 Å². The molecule has 2 fully saturated rings. The van der Waals surface area contributed by atoms with Crippen molar-refractivity contribution >= 4 is 11.9 Å². The van der Waals surface area contributed by atoms with Crippen LogP contribution in [0.1, 0.15) is 25.7 Å². The van der Waals surface area contributed by atoms with Gasteiger partial charge >= 0.3 is 5.97 Å². The first-order valence-electron chi connectivity index (χ1n) is 6.64. The van der Waals surface area contributed by atoms with E-state index in [0.29, 0.717) is 32.5 Å². The molecule has 1 N–H and O–H groups in total. The Kier molecular flexibility index (Phi) is 4.38. The van der Waals surface area contributed by atoms with E-state index in [9.17, 15) is 9.59 Å². The molecule has 0 aromatic carbocycles. The summed E-state index contributed by atoms with van der Waals surface area (Å²) in [6.45, 7) is 1.16. The molecule has 1 amide bonds. The van der Waals surface area contributed by atoms with E-state index >= 15 is 0 Å². The lowest BCUT2D eigenvalue weighted by Crippen LogP contribution is -2.48. The van der Waals surface area contributed by atoms with Gasteiger partial charge in [-0.25, -0.2) is 0 Å². The molecule has 104 valence electrons. The second-order valence-corrected chi connectivity index (χ2v) is 5.17. The summed E-state index contributed by atoms with van der Waals surface area (Å²) in [4.78, 5) is 25.0. The van der Waals surface area contributed by atoms with Crippen LogP contribution >= 0.6 is 0 Å². The van der Waals surface area contributed by atoms with E-state index in [2.05, 4.69) is 0 Å². The van der Waals surface area contributed by atoms with Gasteiger partial charge in [-0.1, -0.05) is 6.42 Å². The first kappa shape index (κ1) is 13.8. The van der Waals surface area contributed by atoms with Crippen molar-refractivity contribution in [2.75, 3.05) is 19.7 Å². The van der Waals surface area contributed by atoms with Gasteiger partial charge in [-0.2, -0.15) is 5.26 Å². The van der Waals surface area contributed by atoms with Crippen LogP contribution in [0.3, 0.4) is 0 Å². The van der Waals surface area contributed by atoms with Crippen LogP contribution in [-0.2, 0) is 14.3 Å². The third kappa shape index (κ3) is 3.24. The minimum absolute atomic E-state index is 0.0190. The predicted octanol–water partition coefficient (Wildman–Crippen LogP) is 0.628. The topological polar surface area (TPSA) is 90.6 Å². The molecule has 2 aliphatic rings. The van der Waals surface area contributed by atoms with Crippen LogP contribution < -0.4 is 0 Å². The minimum Gasteiger partial charge on any atom is -0.481 e. The largest absolute Gasteiger partial charge is 0.481 e. The molecule has 0 bridgehead atoms. The number of morpholine rings is 1. The lowest BCUT2D eigenvalue weighted by atomic mass is 9.80. The standard InChI is InChI=1S/C13H18N2O4/c14-7-11-8-15(4-5-19-11)12(16)9-2-1-3-10(6-9)13(17)18/h9-11H,1-6,8H2,(H,17,18). The first-order valence-corrected chi connectivity index (χ1v) is 6.64. The fraction of sp³-hybridized carbons (Fsp3) is 0.769. The molecule has 6 nitrogen and oxygen atoms in total. The zero-order valence-electron chi connectivity index (χ0n) is 10.7. The lowest BCUT2D eigenvalue weighted by molar-refractivity contribution is -0.147. The van der Waals surface area contributed by atoms with Crippen LogP contribution in [-0.4, -0.2) is 47.7 Å². The van der Waals surface area contributed by atoms with Gasteiger partial charge in [-0.3, -0.25) is 9.59 Å². The number of aliphatic carboxylic acids is 1. The molecule has 0 aromatic heterocycles. The van der Waals surface area contributed by atoms with Gasteiger partial charge in [-0.05, 0) is 19.3 Å². The zero-order valence-corrected chi connectivity index (χ0v) is 10.7. The van der Waals surface area contributed by atoms with Crippen molar-refractivity contribution in [3.8, 4) is 6.07 Å². The summed E-state index contributed by atoms with van der Waals surface area (Å²) in [5, 5.41) is 17.9. The molecule has 2 rings (SSSR count). The van der Waals surface area contributed by atoms with Gasteiger partial charge in [-0.15, -0.1) is 0 Å². The van der Waals surface area contributed by atoms with E-state index in [0.717, 1.165) is 12.8 Å². The molecule has 1 saturated carbocycles. The Balaban J connectivity index is 1.95. The molecule has 3 atom stereocenters. The number of nitriles is 1. The second-order valence-electron chi connectivity index (χ2n) is 5.17. The summed E-state index contributed by atoms with van der Waals surface area (Å²) in [5.74, 6) is -1.45. The molecule has 1 saturated heterocycles. The van der Waals surface area contributed by atoms with Crippen molar-refractivity contribution in [1.82, 2.24) is 4.90 Å². The summed E-state index contributed by atoms with van der Waals surface area (Å²) >= 11 is 0. The Bertz CT molecular complexity index is 404. The zero-order chi connectivity index (χ0) is 13.8. The van der Waals surface area contributed by atoms with Gasteiger partial charge in [0.2, 0.25) is 5.91 Å². The number of ether oxygens (including phenoxy) is 1. The number of carboxylic acids is 1. The average molecular weight is 266 g/mol. The highest BCUT2D eigenvalue weighted by Gasteiger charge is 2.35. The Morgan fingerprint density at radius 1 is 1.32 bits per heavy atom. The molecule has 0 aromatic rings. The van der Waals surface area contributed by atoms with Crippen LogP contribution in [0.4, 0.5) is 0 Å². The van der Waals surface area contributed by atoms with Gasteiger partial charge in [0, 0.05) is 12.5 Å². The van der Waals surface area contributed by atoms with Crippen molar-refractivity contribution in [2.45, 2.75) is 31.8 Å².